The number of primary amides is 1. The van der Waals surface area contributed by atoms with Crippen LogP contribution in [0.3, 0.4) is 0 Å². The van der Waals surface area contributed by atoms with Crippen molar-refractivity contribution in [3.05, 3.63) is 24.3 Å². The summed E-state index contributed by atoms with van der Waals surface area (Å²) in [7, 11) is 0. The van der Waals surface area contributed by atoms with E-state index in [0.717, 1.165) is 24.5 Å². The van der Waals surface area contributed by atoms with E-state index in [4.69, 9.17) is 10.5 Å². The lowest BCUT2D eigenvalue weighted by molar-refractivity contribution is -0.123. The van der Waals surface area contributed by atoms with E-state index >= 15 is 0 Å². The minimum absolute atomic E-state index is 0.0421. The van der Waals surface area contributed by atoms with Gasteiger partial charge in [0.1, 0.15) is 0 Å². The number of nitrogens with two attached hydrogens (primary N) is 1. The number of benzene rings is 1. The maximum absolute atomic E-state index is 12.2. The van der Waals surface area contributed by atoms with Crippen molar-refractivity contribution in [3.63, 3.8) is 0 Å². The fourth-order valence-electron chi connectivity index (χ4n) is 2.90. The number of anilines is 2. The van der Waals surface area contributed by atoms with Crippen LogP contribution in [0, 0.1) is 5.92 Å². The van der Waals surface area contributed by atoms with Crippen LogP contribution in [0.1, 0.15) is 6.42 Å². The number of carbonyl (C=O) groups excluding carboxylic acids is 2. The van der Waals surface area contributed by atoms with Crippen molar-refractivity contribution in [2.75, 3.05) is 42.6 Å². The molecule has 1 atom stereocenters. The molecule has 2 fully saturated rings. The molecule has 2 saturated heterocycles. The van der Waals surface area contributed by atoms with Gasteiger partial charge in [0.15, 0.2) is 0 Å². The summed E-state index contributed by atoms with van der Waals surface area (Å²) >= 11 is 0. The van der Waals surface area contributed by atoms with Crippen LogP contribution in [0.25, 0.3) is 0 Å². The van der Waals surface area contributed by atoms with Gasteiger partial charge in [-0.05, 0) is 12.1 Å². The molecule has 0 aliphatic carbocycles. The Hall–Kier alpha value is -2.08. The van der Waals surface area contributed by atoms with Crippen molar-refractivity contribution in [2.45, 2.75) is 6.42 Å². The number of hydrogen-bond acceptors (Lipinski definition) is 4. The van der Waals surface area contributed by atoms with E-state index in [1.54, 1.807) is 4.90 Å². The van der Waals surface area contributed by atoms with E-state index in [0.29, 0.717) is 19.8 Å². The second kappa shape index (κ2) is 5.73. The summed E-state index contributed by atoms with van der Waals surface area (Å²) in [5, 5.41) is 0. The van der Waals surface area contributed by atoms with Crippen molar-refractivity contribution in [3.8, 4) is 0 Å². The van der Waals surface area contributed by atoms with Crippen LogP contribution in [-0.4, -0.2) is 44.7 Å². The van der Waals surface area contributed by atoms with Crippen LogP contribution in [0.2, 0.25) is 0 Å². The zero-order valence-corrected chi connectivity index (χ0v) is 11.8. The summed E-state index contributed by atoms with van der Waals surface area (Å²) in [4.78, 5) is 27.4. The number of morpholine rings is 1. The first-order valence-electron chi connectivity index (χ1n) is 7.18. The van der Waals surface area contributed by atoms with Gasteiger partial charge < -0.3 is 20.3 Å². The lowest BCUT2D eigenvalue weighted by Gasteiger charge is -2.32. The van der Waals surface area contributed by atoms with Crippen LogP contribution in [0.5, 0.6) is 0 Å². The number of para-hydroxylation sites is 2. The summed E-state index contributed by atoms with van der Waals surface area (Å²) in [5.41, 5.74) is 7.20. The Bertz CT molecular complexity index is 555. The van der Waals surface area contributed by atoms with Crippen LogP contribution in [-0.2, 0) is 14.3 Å². The van der Waals surface area contributed by atoms with Crippen molar-refractivity contribution >= 4 is 23.2 Å². The predicted octanol–water partition coefficient (Wildman–Crippen LogP) is 0.361. The van der Waals surface area contributed by atoms with E-state index in [9.17, 15) is 9.59 Å². The highest BCUT2D eigenvalue weighted by molar-refractivity contribution is 6.02. The first kappa shape index (κ1) is 13.9. The van der Waals surface area contributed by atoms with E-state index < -0.39 is 11.8 Å². The standard InChI is InChI=1S/C15H19N3O3/c16-15(20)11-9-14(19)18(10-11)13-4-2-1-3-12(13)17-5-7-21-8-6-17/h1-4,11H,5-10H2,(H2,16,20)/t11-/m1/s1. The Morgan fingerprint density at radius 2 is 1.86 bits per heavy atom. The maximum Gasteiger partial charge on any atom is 0.227 e. The zero-order chi connectivity index (χ0) is 14.8. The summed E-state index contributed by atoms with van der Waals surface area (Å²) in [6, 6.07) is 7.79. The van der Waals surface area contributed by atoms with Crippen LogP contribution in [0.15, 0.2) is 24.3 Å². The van der Waals surface area contributed by atoms with Gasteiger partial charge in [-0.2, -0.15) is 0 Å². The highest BCUT2D eigenvalue weighted by Crippen LogP contribution is 2.33. The molecular formula is C15H19N3O3. The third-order valence-electron chi connectivity index (χ3n) is 4.05. The van der Waals surface area contributed by atoms with E-state index in [1.165, 1.54) is 0 Å². The fraction of sp³-hybridized carbons (Fsp3) is 0.467. The molecule has 1 aromatic rings. The molecule has 21 heavy (non-hydrogen) atoms. The summed E-state index contributed by atoms with van der Waals surface area (Å²) < 4.78 is 5.37. The van der Waals surface area contributed by atoms with Crippen molar-refractivity contribution in [1.29, 1.82) is 0 Å². The molecule has 1 aromatic carbocycles. The third kappa shape index (κ3) is 2.71. The van der Waals surface area contributed by atoms with E-state index in [1.807, 2.05) is 24.3 Å². The molecule has 6 nitrogen and oxygen atoms in total. The SMILES string of the molecule is NC(=O)[C@@H]1CC(=O)N(c2ccccc2N2CCOCC2)C1. The highest BCUT2D eigenvalue weighted by Gasteiger charge is 2.35. The normalized spacial score (nSPS) is 22.7. The molecule has 2 amide bonds. The van der Waals surface area contributed by atoms with Crippen LogP contribution in [0.4, 0.5) is 11.4 Å². The Balaban J connectivity index is 1.88. The van der Waals surface area contributed by atoms with Gasteiger partial charge in [-0.1, -0.05) is 12.1 Å². The minimum atomic E-state index is -0.408. The Morgan fingerprint density at radius 3 is 2.48 bits per heavy atom. The first-order chi connectivity index (χ1) is 10.2. The topological polar surface area (TPSA) is 75.9 Å². The monoisotopic (exact) mass is 289 g/mol. The third-order valence-corrected chi connectivity index (χ3v) is 4.05. The largest absolute Gasteiger partial charge is 0.378 e. The molecule has 2 N–H and O–H groups in total. The van der Waals surface area contributed by atoms with Gasteiger partial charge in [0.25, 0.3) is 0 Å². The molecule has 6 heteroatoms. The molecule has 0 spiro atoms. The quantitative estimate of drug-likeness (QED) is 0.872. The number of hydrogen-bond donors (Lipinski definition) is 1. The Kier molecular flexibility index (Phi) is 3.79. The van der Waals surface area contributed by atoms with Gasteiger partial charge in [-0.25, -0.2) is 0 Å². The average molecular weight is 289 g/mol. The minimum Gasteiger partial charge on any atom is -0.378 e. The fourth-order valence-corrected chi connectivity index (χ4v) is 2.90. The smallest absolute Gasteiger partial charge is 0.227 e. The molecule has 2 aliphatic rings. The lowest BCUT2D eigenvalue weighted by atomic mass is 10.1. The number of carbonyl (C=O) groups is 2. The summed E-state index contributed by atoms with van der Waals surface area (Å²) in [6.45, 7) is 3.35. The first-order valence-corrected chi connectivity index (χ1v) is 7.18. The Morgan fingerprint density at radius 1 is 1.19 bits per heavy atom. The molecule has 0 bridgehead atoms. The van der Waals surface area contributed by atoms with Crippen molar-refractivity contribution in [1.82, 2.24) is 0 Å². The van der Waals surface area contributed by atoms with Crippen molar-refractivity contribution in [2.24, 2.45) is 11.7 Å². The average Bonchev–Trinajstić information content (AvgIpc) is 2.90. The molecule has 0 radical (unpaired) electrons. The molecule has 2 aliphatic heterocycles. The number of amides is 2. The van der Waals surface area contributed by atoms with Gasteiger partial charge >= 0.3 is 0 Å². The Labute approximate surface area is 123 Å². The number of ether oxygens (including phenoxy) is 1. The maximum atomic E-state index is 12.2. The van der Waals surface area contributed by atoms with Gasteiger partial charge in [0.05, 0.1) is 30.5 Å². The molecule has 2 heterocycles. The molecule has 3 rings (SSSR count). The predicted molar refractivity (Wildman–Crippen MR) is 79.1 cm³/mol. The number of nitrogens with zero attached hydrogens (tertiary/aromatic N) is 2. The lowest BCUT2D eigenvalue weighted by Crippen LogP contribution is -2.38. The summed E-state index contributed by atoms with van der Waals surface area (Å²) in [6.07, 6.45) is 0.201. The zero-order valence-electron chi connectivity index (χ0n) is 11.8. The molecule has 0 unspecified atom stereocenters. The molecule has 112 valence electrons. The number of rotatable bonds is 3. The molecular weight excluding hydrogens is 270 g/mol. The molecule has 0 saturated carbocycles. The van der Waals surface area contributed by atoms with Crippen LogP contribution < -0.4 is 15.5 Å². The van der Waals surface area contributed by atoms with Gasteiger partial charge in [0, 0.05) is 26.1 Å². The highest BCUT2D eigenvalue weighted by atomic mass is 16.5. The van der Waals surface area contributed by atoms with Gasteiger partial charge in [0.2, 0.25) is 11.8 Å². The second-order valence-electron chi connectivity index (χ2n) is 5.40. The summed E-state index contributed by atoms with van der Waals surface area (Å²) in [5.74, 6) is -0.843. The van der Waals surface area contributed by atoms with Gasteiger partial charge in [-0.15, -0.1) is 0 Å². The van der Waals surface area contributed by atoms with Crippen molar-refractivity contribution < 1.29 is 14.3 Å². The molecule has 0 aromatic heterocycles. The van der Waals surface area contributed by atoms with Gasteiger partial charge in [-0.3, -0.25) is 9.59 Å². The van der Waals surface area contributed by atoms with E-state index in [-0.39, 0.29) is 12.3 Å². The second-order valence-corrected chi connectivity index (χ2v) is 5.40. The van der Waals surface area contributed by atoms with E-state index in [2.05, 4.69) is 4.90 Å². The van der Waals surface area contributed by atoms with Crippen LogP contribution >= 0.6 is 0 Å².